The molecule has 4 rings (SSSR count). The second kappa shape index (κ2) is 15.8. The summed E-state index contributed by atoms with van der Waals surface area (Å²) in [6, 6.07) is 30.2. The van der Waals surface area contributed by atoms with Crippen molar-refractivity contribution < 1.29 is 27.5 Å². The van der Waals surface area contributed by atoms with Crippen LogP contribution >= 0.6 is 0 Å². The zero-order chi connectivity index (χ0) is 32.2. The van der Waals surface area contributed by atoms with Crippen molar-refractivity contribution in [1.29, 1.82) is 0 Å². The molecular formula is C35H39N3O6S. The van der Waals surface area contributed by atoms with Crippen molar-refractivity contribution in [2.45, 2.75) is 37.2 Å². The van der Waals surface area contributed by atoms with E-state index < -0.39 is 28.5 Å². The number of sulfonamides is 1. The molecular weight excluding hydrogens is 590 g/mol. The van der Waals surface area contributed by atoms with Gasteiger partial charge in [0, 0.05) is 19.5 Å². The standard InChI is InChI=1S/C35H39N3O6S/c1-4-22-36-35(40)33(24-27-12-7-5-8-13-27)37(25-28-14-11-15-31(23-28)44-3)34(39)26-38(29-18-20-30(43-2)21-19-29)45(41,42)32-16-9-6-10-17-32/h5-21,23,33H,4,22,24-26H2,1-3H3,(H,36,40)/t33-/m0/s1. The maximum atomic E-state index is 14.5. The fourth-order valence-electron chi connectivity index (χ4n) is 4.88. The van der Waals surface area contributed by atoms with Gasteiger partial charge in [-0.25, -0.2) is 8.42 Å². The van der Waals surface area contributed by atoms with Crippen LogP contribution in [-0.2, 0) is 32.6 Å². The van der Waals surface area contributed by atoms with Crippen LogP contribution in [0, 0.1) is 0 Å². The smallest absolute Gasteiger partial charge is 0.264 e. The number of amides is 2. The number of carbonyl (C=O) groups excluding carboxylic acids is 2. The average Bonchev–Trinajstić information content (AvgIpc) is 3.08. The fourth-order valence-corrected chi connectivity index (χ4v) is 6.32. The SMILES string of the molecule is CCCNC(=O)[C@H](Cc1ccccc1)N(Cc1cccc(OC)c1)C(=O)CN(c1ccc(OC)cc1)S(=O)(=O)c1ccccc1. The number of rotatable bonds is 15. The summed E-state index contributed by atoms with van der Waals surface area (Å²) in [4.78, 5) is 29.7. The van der Waals surface area contributed by atoms with Gasteiger partial charge in [0.15, 0.2) is 0 Å². The Kier molecular flexibility index (Phi) is 11.6. The molecule has 0 saturated heterocycles. The van der Waals surface area contributed by atoms with Gasteiger partial charge >= 0.3 is 0 Å². The van der Waals surface area contributed by atoms with Crippen molar-refractivity contribution in [1.82, 2.24) is 10.2 Å². The highest BCUT2D eigenvalue weighted by Crippen LogP contribution is 2.27. The largest absolute Gasteiger partial charge is 0.497 e. The molecule has 0 aromatic heterocycles. The molecule has 1 N–H and O–H groups in total. The number of anilines is 1. The van der Waals surface area contributed by atoms with E-state index in [1.54, 1.807) is 61.7 Å². The fraction of sp³-hybridized carbons (Fsp3) is 0.257. The van der Waals surface area contributed by atoms with E-state index >= 15 is 0 Å². The molecule has 0 saturated carbocycles. The lowest BCUT2D eigenvalue weighted by Crippen LogP contribution is -2.53. The summed E-state index contributed by atoms with van der Waals surface area (Å²) in [6.45, 7) is 1.90. The van der Waals surface area contributed by atoms with Crippen LogP contribution in [0.3, 0.4) is 0 Å². The lowest BCUT2D eigenvalue weighted by molar-refractivity contribution is -0.140. The van der Waals surface area contributed by atoms with E-state index in [4.69, 9.17) is 9.47 Å². The first-order chi connectivity index (χ1) is 21.8. The molecule has 45 heavy (non-hydrogen) atoms. The van der Waals surface area contributed by atoms with Crippen molar-refractivity contribution in [3.05, 3.63) is 120 Å². The molecule has 10 heteroatoms. The number of benzene rings is 4. The third-order valence-corrected chi connectivity index (χ3v) is 9.07. The van der Waals surface area contributed by atoms with Crippen molar-refractivity contribution in [2.75, 3.05) is 31.6 Å². The summed E-state index contributed by atoms with van der Waals surface area (Å²) in [6.07, 6.45) is 0.953. The third kappa shape index (κ3) is 8.63. The Morgan fingerprint density at radius 1 is 0.778 bits per heavy atom. The van der Waals surface area contributed by atoms with Crippen LogP contribution in [0.5, 0.6) is 11.5 Å². The highest BCUT2D eigenvalue weighted by Gasteiger charge is 2.34. The van der Waals surface area contributed by atoms with E-state index in [1.807, 2.05) is 49.4 Å². The number of nitrogens with zero attached hydrogens (tertiary/aromatic N) is 2. The van der Waals surface area contributed by atoms with Gasteiger partial charge in [-0.3, -0.25) is 13.9 Å². The van der Waals surface area contributed by atoms with Gasteiger partial charge in [0.25, 0.3) is 10.0 Å². The van der Waals surface area contributed by atoms with E-state index in [0.717, 1.165) is 15.4 Å². The quantitative estimate of drug-likeness (QED) is 0.197. The first-order valence-electron chi connectivity index (χ1n) is 14.7. The van der Waals surface area contributed by atoms with E-state index in [9.17, 15) is 18.0 Å². The van der Waals surface area contributed by atoms with Gasteiger partial charge in [-0.1, -0.05) is 67.6 Å². The van der Waals surface area contributed by atoms with Crippen LogP contribution in [0.15, 0.2) is 114 Å². The van der Waals surface area contributed by atoms with Crippen LogP contribution in [0.25, 0.3) is 0 Å². The summed E-state index contributed by atoms with van der Waals surface area (Å²) in [7, 11) is -1.11. The average molecular weight is 630 g/mol. The molecule has 2 amide bonds. The highest BCUT2D eigenvalue weighted by molar-refractivity contribution is 7.92. The normalized spacial score (nSPS) is 11.7. The van der Waals surface area contributed by atoms with Crippen molar-refractivity contribution in [2.24, 2.45) is 0 Å². The minimum absolute atomic E-state index is 0.0366. The summed E-state index contributed by atoms with van der Waals surface area (Å²) < 4.78 is 39.9. The van der Waals surface area contributed by atoms with Crippen LogP contribution in [0.1, 0.15) is 24.5 Å². The topological polar surface area (TPSA) is 105 Å². The van der Waals surface area contributed by atoms with Gasteiger partial charge in [0.1, 0.15) is 24.1 Å². The first-order valence-corrected chi connectivity index (χ1v) is 16.2. The Bertz CT molecular complexity index is 1650. The predicted molar refractivity (Wildman–Crippen MR) is 175 cm³/mol. The lowest BCUT2D eigenvalue weighted by Gasteiger charge is -2.34. The Labute approximate surface area is 265 Å². The maximum absolute atomic E-state index is 14.5. The number of carbonyl (C=O) groups is 2. The lowest BCUT2D eigenvalue weighted by atomic mass is 10.0. The van der Waals surface area contributed by atoms with Crippen molar-refractivity contribution in [3.63, 3.8) is 0 Å². The van der Waals surface area contributed by atoms with E-state index in [0.29, 0.717) is 24.5 Å². The van der Waals surface area contributed by atoms with Crippen LogP contribution in [-0.4, -0.2) is 58.5 Å². The Hall–Kier alpha value is -4.83. The van der Waals surface area contributed by atoms with E-state index in [-0.39, 0.29) is 29.5 Å². The zero-order valence-electron chi connectivity index (χ0n) is 25.8. The summed E-state index contributed by atoms with van der Waals surface area (Å²) in [5.41, 5.74) is 1.87. The molecule has 0 aliphatic carbocycles. The Morgan fingerprint density at radius 2 is 1.40 bits per heavy atom. The first kappa shape index (κ1) is 33.1. The molecule has 0 aliphatic rings. The van der Waals surface area contributed by atoms with Gasteiger partial charge in [0.2, 0.25) is 11.8 Å². The second-order valence-corrected chi connectivity index (χ2v) is 12.3. The van der Waals surface area contributed by atoms with Gasteiger partial charge in [-0.15, -0.1) is 0 Å². The number of nitrogens with one attached hydrogen (secondary N) is 1. The third-order valence-electron chi connectivity index (χ3n) is 7.28. The van der Waals surface area contributed by atoms with E-state index in [2.05, 4.69) is 5.32 Å². The molecule has 0 bridgehead atoms. The summed E-state index contributed by atoms with van der Waals surface area (Å²) in [5, 5.41) is 2.95. The minimum atomic E-state index is -4.18. The monoisotopic (exact) mass is 629 g/mol. The molecule has 0 fully saturated rings. The Morgan fingerprint density at radius 3 is 2.02 bits per heavy atom. The van der Waals surface area contributed by atoms with Crippen molar-refractivity contribution in [3.8, 4) is 11.5 Å². The maximum Gasteiger partial charge on any atom is 0.264 e. The molecule has 9 nitrogen and oxygen atoms in total. The minimum Gasteiger partial charge on any atom is -0.497 e. The zero-order valence-corrected chi connectivity index (χ0v) is 26.6. The summed E-state index contributed by atoms with van der Waals surface area (Å²) >= 11 is 0. The van der Waals surface area contributed by atoms with Gasteiger partial charge in [0.05, 0.1) is 24.8 Å². The van der Waals surface area contributed by atoms with Crippen LogP contribution in [0.2, 0.25) is 0 Å². The Balaban J connectivity index is 1.80. The molecule has 4 aromatic carbocycles. The molecule has 0 aliphatic heterocycles. The second-order valence-electron chi connectivity index (χ2n) is 10.4. The van der Waals surface area contributed by atoms with Gasteiger partial charge in [-0.05, 0) is 66.1 Å². The van der Waals surface area contributed by atoms with E-state index in [1.165, 1.54) is 24.1 Å². The number of ether oxygens (including phenoxy) is 2. The number of hydrogen-bond donors (Lipinski definition) is 1. The summed E-state index contributed by atoms with van der Waals surface area (Å²) in [5.74, 6) is 0.276. The highest BCUT2D eigenvalue weighted by atomic mass is 32.2. The van der Waals surface area contributed by atoms with Crippen LogP contribution in [0.4, 0.5) is 5.69 Å². The van der Waals surface area contributed by atoms with Gasteiger partial charge in [-0.2, -0.15) is 0 Å². The molecule has 236 valence electrons. The van der Waals surface area contributed by atoms with Crippen LogP contribution < -0.4 is 19.1 Å². The molecule has 1 atom stereocenters. The molecule has 0 unspecified atom stereocenters. The molecule has 0 spiro atoms. The number of hydrogen-bond acceptors (Lipinski definition) is 6. The van der Waals surface area contributed by atoms with Crippen molar-refractivity contribution >= 4 is 27.5 Å². The number of methoxy groups -OCH3 is 2. The molecule has 0 radical (unpaired) electrons. The van der Waals surface area contributed by atoms with Gasteiger partial charge < -0.3 is 19.7 Å². The molecule has 0 heterocycles. The molecule has 4 aromatic rings. The predicted octanol–water partition coefficient (Wildman–Crippen LogP) is 5.07.